The van der Waals surface area contributed by atoms with Crippen LogP contribution in [-0.2, 0) is 27.2 Å². The molecular weight excluding hydrogens is 1160 g/mol. The second-order valence-corrected chi connectivity index (χ2v) is 30.4. The molecule has 4 heterocycles. The monoisotopic (exact) mass is 1270 g/mol. The highest BCUT2D eigenvalue weighted by Gasteiger charge is 2.55. The van der Waals surface area contributed by atoms with Gasteiger partial charge in [0.05, 0.1) is 22.3 Å². The number of nitrogens with zero attached hydrogens (tertiary/aromatic N) is 6. The fourth-order valence-electron chi connectivity index (χ4n) is 14.5. The smallest absolute Gasteiger partial charge is 0.390 e. The Bertz CT molecular complexity index is 2600. The number of carbonyl (C=O) groups is 1. The third-order valence-corrected chi connectivity index (χ3v) is 21.2. The Morgan fingerprint density at radius 1 is 0.852 bits per heavy atom. The number of allylic oxidation sites excluding steroid dienone is 3. The lowest BCUT2D eigenvalue weighted by Gasteiger charge is -2.60. The zero-order valence-corrected chi connectivity index (χ0v) is 57.9. The first-order valence-electron chi connectivity index (χ1n) is 33.7. The number of rotatable bonds is 12. The van der Waals surface area contributed by atoms with Gasteiger partial charge in [0.2, 0.25) is 5.91 Å². The third-order valence-electron chi connectivity index (χ3n) is 19.9. The minimum atomic E-state index is -4.55. The number of hydrogen-bond acceptors (Lipinski definition) is 14. The van der Waals surface area contributed by atoms with Crippen molar-refractivity contribution in [2.24, 2.45) is 28.7 Å². The first-order valence-corrected chi connectivity index (χ1v) is 36.1. The van der Waals surface area contributed by atoms with Gasteiger partial charge < -0.3 is 51.5 Å². The Morgan fingerprint density at radius 3 is 2.22 bits per heavy atom. The van der Waals surface area contributed by atoms with Crippen molar-refractivity contribution in [3.8, 4) is 0 Å². The van der Waals surface area contributed by atoms with Gasteiger partial charge in [-0.2, -0.15) is 13.2 Å². The predicted molar refractivity (Wildman–Crippen MR) is 359 cm³/mol. The largest absolute Gasteiger partial charge is 0.417 e. The minimum absolute atomic E-state index is 0.0130. The van der Waals surface area contributed by atoms with Crippen LogP contribution in [0.1, 0.15) is 171 Å². The summed E-state index contributed by atoms with van der Waals surface area (Å²) < 4.78 is 66.2. The summed E-state index contributed by atoms with van der Waals surface area (Å²) in [5, 5.41) is 23.6. The number of nitrogens with one attached hydrogen (secondary N) is 6. The molecular formula is C68H116ClF3N12O3S. The molecule has 0 aromatic heterocycles. The number of sulfone groups is 1. The van der Waals surface area contributed by atoms with Crippen molar-refractivity contribution in [3.05, 3.63) is 82.8 Å². The maximum Gasteiger partial charge on any atom is 0.417 e. The predicted octanol–water partition coefficient (Wildman–Crippen LogP) is 10.8. The number of hydrogen-bond donors (Lipinski definition) is 6. The van der Waals surface area contributed by atoms with Crippen LogP contribution in [0.25, 0.3) is 0 Å². The van der Waals surface area contributed by atoms with E-state index in [1.54, 1.807) is 6.20 Å². The molecule has 5 aliphatic rings. The molecule has 500 valence electrons. The third kappa shape index (κ3) is 21.4. The van der Waals surface area contributed by atoms with Gasteiger partial charge in [-0.25, -0.2) is 8.42 Å². The Hall–Kier alpha value is -3.69. The van der Waals surface area contributed by atoms with E-state index >= 15 is 0 Å². The van der Waals surface area contributed by atoms with Crippen LogP contribution in [0.4, 0.5) is 13.2 Å². The first-order chi connectivity index (χ1) is 41.6. The van der Waals surface area contributed by atoms with E-state index in [9.17, 15) is 26.4 Å². The summed E-state index contributed by atoms with van der Waals surface area (Å²) in [6.07, 6.45) is 21.1. The Morgan fingerprint density at radius 2 is 1.57 bits per heavy atom. The second kappa shape index (κ2) is 34.3. The first kappa shape index (κ1) is 73.4. The Labute approximate surface area is 535 Å². The summed E-state index contributed by atoms with van der Waals surface area (Å²) in [6.45, 7) is 32.1. The SMILES string of the molecule is CC[C@H](C)[C@H]1CN[C@@H](CC(C)C)C(C)NCC2[C@@H](C(=O)N3CCCCC3)C(C)N2[C@@H](C(C)C)C(C)NC2(CCCC2)CNCCNC=CC(CCc2ccc(C(F)(F)F)c(Cl)c2)=NC=CN(C)C=C(CCS(C)(=O)=O)N(C)C=C2CCCN2[C@@H](C)C(C)N1. The molecule has 4 aliphatic heterocycles. The van der Waals surface area contributed by atoms with Gasteiger partial charge in [-0.15, -0.1) is 0 Å². The molecule has 1 saturated carbocycles. The van der Waals surface area contributed by atoms with Crippen LogP contribution in [0.2, 0.25) is 5.02 Å². The number of carbonyl (C=O) groups excluding carboxylic acids is 1. The van der Waals surface area contributed by atoms with Gasteiger partial charge in [-0.3, -0.25) is 14.7 Å². The van der Waals surface area contributed by atoms with Gasteiger partial charge in [-0.1, -0.05) is 78.5 Å². The topological polar surface area (TPSA) is 152 Å². The zero-order chi connectivity index (χ0) is 64.5. The molecule has 0 bridgehead atoms. The molecule has 20 heteroatoms. The number of alkyl halides is 3. The van der Waals surface area contributed by atoms with E-state index in [0.29, 0.717) is 60.7 Å². The molecule has 1 amide bonds. The molecule has 88 heavy (non-hydrogen) atoms. The summed E-state index contributed by atoms with van der Waals surface area (Å²) in [7, 11) is 0.601. The van der Waals surface area contributed by atoms with E-state index in [-0.39, 0.29) is 76.6 Å². The van der Waals surface area contributed by atoms with Gasteiger partial charge in [0.25, 0.3) is 0 Å². The van der Waals surface area contributed by atoms with E-state index in [4.69, 9.17) is 16.6 Å². The average molecular weight is 1270 g/mol. The van der Waals surface area contributed by atoms with E-state index in [1.165, 1.54) is 43.3 Å². The number of halogens is 4. The lowest BCUT2D eigenvalue weighted by atomic mass is 9.74. The minimum Gasteiger partial charge on any atom is -0.390 e. The lowest BCUT2D eigenvalue weighted by molar-refractivity contribution is -0.162. The summed E-state index contributed by atoms with van der Waals surface area (Å²) >= 11 is 6.15. The van der Waals surface area contributed by atoms with Crippen molar-refractivity contribution in [2.75, 3.05) is 78.5 Å². The summed E-state index contributed by atoms with van der Waals surface area (Å²) in [6, 6.07) is 5.36. The second-order valence-electron chi connectivity index (χ2n) is 27.7. The molecule has 1 aromatic rings. The van der Waals surface area contributed by atoms with Crippen LogP contribution < -0.4 is 31.9 Å². The Kier molecular flexibility index (Phi) is 28.6. The van der Waals surface area contributed by atoms with Gasteiger partial charge in [0, 0.05) is 181 Å². The number of aryl methyl sites for hydroxylation is 1. The molecule has 5 unspecified atom stereocenters. The van der Waals surface area contributed by atoms with Crippen molar-refractivity contribution in [1.29, 1.82) is 0 Å². The summed E-state index contributed by atoms with van der Waals surface area (Å²) in [5.74, 6) is 1.49. The van der Waals surface area contributed by atoms with E-state index < -0.39 is 21.6 Å². The summed E-state index contributed by atoms with van der Waals surface area (Å²) in [5.41, 5.74) is 2.47. The highest BCUT2D eigenvalue weighted by atomic mass is 35.5. The van der Waals surface area contributed by atoms with E-state index in [2.05, 4.69) is 134 Å². The number of fused-ring (bicyclic) bond motifs is 2. The number of piperidine rings is 1. The number of likely N-dealkylation sites (tertiary alicyclic amines) is 1. The molecule has 0 radical (unpaired) electrons. The maximum absolute atomic E-state index is 14.8. The lowest BCUT2D eigenvalue weighted by Crippen LogP contribution is -2.76. The molecule has 6 rings (SSSR count). The number of benzene rings is 1. The van der Waals surface area contributed by atoms with Crippen molar-refractivity contribution in [2.45, 2.75) is 232 Å². The van der Waals surface area contributed by atoms with E-state index in [1.807, 2.05) is 43.7 Å². The summed E-state index contributed by atoms with van der Waals surface area (Å²) in [4.78, 5) is 31.0. The average Bonchev–Trinajstić information content (AvgIpc) is 1.11. The van der Waals surface area contributed by atoms with Crippen LogP contribution >= 0.6 is 11.6 Å². The molecule has 1 aromatic carbocycles. The fourth-order valence-corrected chi connectivity index (χ4v) is 15.4. The van der Waals surface area contributed by atoms with E-state index in [0.717, 1.165) is 109 Å². The van der Waals surface area contributed by atoms with Crippen LogP contribution in [0, 0.1) is 23.7 Å². The van der Waals surface area contributed by atoms with Crippen molar-refractivity contribution in [1.82, 2.24) is 56.4 Å². The van der Waals surface area contributed by atoms with Crippen LogP contribution in [-0.4, -0.2) is 183 Å². The molecule has 6 N–H and O–H groups in total. The fraction of sp³-hybridized carbons (Fsp3) is 0.765. The van der Waals surface area contributed by atoms with Crippen LogP contribution in [0.15, 0.2) is 71.7 Å². The van der Waals surface area contributed by atoms with Crippen LogP contribution in [0.3, 0.4) is 0 Å². The van der Waals surface area contributed by atoms with Crippen molar-refractivity contribution in [3.63, 3.8) is 0 Å². The highest BCUT2D eigenvalue weighted by molar-refractivity contribution is 7.90. The molecule has 1 aliphatic carbocycles. The van der Waals surface area contributed by atoms with Gasteiger partial charge in [0.15, 0.2) is 0 Å². The molecule has 4 fully saturated rings. The molecule has 11 atom stereocenters. The highest BCUT2D eigenvalue weighted by Crippen LogP contribution is 2.41. The van der Waals surface area contributed by atoms with Crippen LogP contribution in [0.5, 0.6) is 0 Å². The van der Waals surface area contributed by atoms with Crippen molar-refractivity contribution >= 4 is 33.1 Å². The molecule has 1 spiro atoms. The Balaban J connectivity index is 1.33. The normalized spacial score (nSPS) is 29.2. The van der Waals surface area contributed by atoms with Gasteiger partial charge in [0.1, 0.15) is 9.84 Å². The molecule has 3 saturated heterocycles. The van der Waals surface area contributed by atoms with Gasteiger partial charge in [-0.05, 0) is 147 Å². The maximum atomic E-state index is 14.8. The number of aliphatic imine (C=N–C) groups is 1. The standard InChI is InChI=1S/C68H116ClF3N12O3S/c1-15-49(6)62-42-77-61(40-47(2)3)51(8)76-43-63-64(66(85)82-35-19-16-20-36-82)54(11)84(63)65(48(4)5)52(9)79-67(29-17-18-30-67)46-74-33-32-73-31-27-56(25-23-55-24-26-59(60(69)41-55)68(70,71)72)75-34-38-80(12)44-57(28-39-88(14,86)87)81(13)45-58-22-21-37-83(58)53(10)50(7)78-62/h24,26-27,31,34,38,41,44-45,47-54,61-65,73-74,76-79H,15-23,25,28-30,32-33,35-37,39-40,42-43,46H2,1-14H3/t49-,50?,51?,52?,53-,54?,61-,62+,63?,64-,65-/m0/s1. The van der Waals surface area contributed by atoms with Crippen molar-refractivity contribution < 1.29 is 26.4 Å². The van der Waals surface area contributed by atoms with Gasteiger partial charge >= 0.3 is 6.18 Å². The molecule has 15 nitrogen and oxygen atoms in total. The number of amides is 1. The zero-order valence-electron chi connectivity index (χ0n) is 56.3. The quantitative estimate of drug-likeness (QED) is 0.118.